The number of nitrogens with zero attached hydrogens (tertiary/aromatic N) is 6. The Balaban J connectivity index is 0.000000139. The van der Waals surface area contributed by atoms with E-state index in [2.05, 4.69) is 76.7 Å². The van der Waals surface area contributed by atoms with Crippen LogP contribution < -0.4 is 16.0 Å². The van der Waals surface area contributed by atoms with Crippen LogP contribution in [0.4, 0.5) is 0 Å². The van der Waals surface area contributed by atoms with Crippen molar-refractivity contribution < 1.29 is 24.6 Å². The minimum Gasteiger partial charge on any atom is -0.394 e. The lowest BCUT2D eigenvalue weighted by molar-refractivity contribution is -0.124. The lowest BCUT2D eigenvalue weighted by Crippen LogP contribution is -2.42. The maximum absolute atomic E-state index is 13.5. The van der Waals surface area contributed by atoms with Gasteiger partial charge in [-0.2, -0.15) is 15.3 Å². The van der Waals surface area contributed by atoms with E-state index in [4.69, 9.17) is 84.9 Å². The molecule has 4 aliphatic rings. The second-order valence-electron chi connectivity index (χ2n) is 26.3. The Kier molecular flexibility index (Phi) is 25.5. The topological polar surface area (TPSA) is 181 Å². The summed E-state index contributed by atoms with van der Waals surface area (Å²) in [5.74, 6) is -0.699. The summed E-state index contributed by atoms with van der Waals surface area (Å²) in [6.07, 6.45) is 13.7. The van der Waals surface area contributed by atoms with Crippen molar-refractivity contribution in [1.82, 2.24) is 45.3 Å². The highest BCUT2D eigenvalue weighted by atomic mass is 79.9. The van der Waals surface area contributed by atoms with E-state index in [0.717, 1.165) is 139 Å². The van der Waals surface area contributed by atoms with Gasteiger partial charge in [-0.1, -0.05) is 150 Å². The van der Waals surface area contributed by atoms with Crippen molar-refractivity contribution >= 4 is 169 Å². The van der Waals surface area contributed by atoms with Crippen LogP contribution in [0.1, 0.15) is 152 Å². The van der Waals surface area contributed by atoms with Crippen LogP contribution in [-0.2, 0) is 33.6 Å². The Morgan fingerprint density at radius 3 is 1.07 bits per heavy atom. The smallest absolute Gasteiger partial charge is 0.229 e. The number of aromatic nitrogens is 6. The molecule has 1 fully saturated rings. The average Bonchev–Trinajstić information content (AvgIpc) is 1.61. The van der Waals surface area contributed by atoms with Crippen LogP contribution in [0.3, 0.4) is 0 Å². The van der Waals surface area contributed by atoms with Crippen LogP contribution in [0.15, 0.2) is 163 Å². The van der Waals surface area contributed by atoms with Crippen molar-refractivity contribution in [3.63, 3.8) is 0 Å². The predicted octanol–water partition coefficient (Wildman–Crippen LogP) is 22.1. The van der Waals surface area contributed by atoms with Gasteiger partial charge < -0.3 is 26.2 Å². The number of fused-ring (bicyclic) bond motifs is 3. The molecule has 3 amide bonds. The maximum atomic E-state index is 13.5. The van der Waals surface area contributed by atoms with Gasteiger partial charge in [0.05, 0.1) is 135 Å². The van der Waals surface area contributed by atoms with E-state index < -0.39 is 23.9 Å². The van der Waals surface area contributed by atoms with Gasteiger partial charge in [-0.25, -0.2) is 14.0 Å². The Bertz CT molecular complexity index is 4690. The summed E-state index contributed by atoms with van der Waals surface area (Å²) in [4.78, 5) is 43.7. The summed E-state index contributed by atoms with van der Waals surface area (Å²) in [7, 11) is 0. The van der Waals surface area contributed by atoms with Gasteiger partial charge in [0.2, 0.25) is 17.7 Å². The van der Waals surface area contributed by atoms with Crippen LogP contribution >= 0.6 is 151 Å². The normalized spacial score (nSPS) is 17.2. The second-order valence-corrected chi connectivity index (χ2v) is 36.2. The Labute approximate surface area is 671 Å². The number of benzene rings is 5. The molecule has 26 heteroatoms. The number of hydrogen-bond donors (Lipinski definition) is 5. The molecule has 11 aromatic rings. The number of thiophene rings is 3. The molecule has 0 spiro atoms. The molecule has 0 radical (unpaired) electrons. The molecular formula is C78H72Br3Cl6N9O5S3. The third kappa shape index (κ3) is 17.1. The van der Waals surface area contributed by atoms with Crippen LogP contribution in [0.2, 0.25) is 30.1 Å². The molecule has 0 bridgehead atoms. The number of hydrogen-bond acceptors (Lipinski definition) is 11. The van der Waals surface area contributed by atoms with Gasteiger partial charge in [-0.05, 0) is 233 Å². The average molecular weight is 1760 g/mol. The Hall–Kier alpha value is -5.66. The third-order valence-electron chi connectivity index (χ3n) is 19.7. The SMILES string of the molecule is C[C@@H](NC(=O)[C@@H]1CCCc2c1nn(-c1ccc(Cl)cc1Cl)c2-c1ccc(Br)s1)C1CCCCC1.O=C(N[C@H](CO)c1ccccc1)[C@@H]1CCCc2c1nn(-c1ccc(Cl)cc1Cl)c2-c1ccc(Br)s1.O=C(N[C@H](CO)c1ccccc1)[C@H]1CCCc2c1nn(-c1ccc(Cl)cc1Cl)c2-c1ccc(Br)s1. The molecule has 0 unspecified atom stereocenters. The van der Waals surface area contributed by atoms with Crippen molar-refractivity contribution in [1.29, 1.82) is 0 Å². The molecule has 540 valence electrons. The zero-order valence-corrected chi connectivity index (χ0v) is 68.0. The summed E-state index contributed by atoms with van der Waals surface area (Å²) in [5.41, 5.74) is 12.5. The standard InChI is InChI=1S/2C26H22BrCl2N3O2S.C26H28BrCl2N3OS/c2*27-23-12-11-22(35-23)25-17-7-4-8-18(26(34)30-20(14-33)15-5-2-1-3-6-15)24(17)31-32(25)21-10-9-16(28)13-19(21)29;1-15(16-6-3-2-4-7-16)30-26(33)19-9-5-8-18-24(19)31-32(21-11-10-17(28)14-20(21)29)25(18)22-12-13-23(27)34-22/h2*1-3,5-6,9-13,18,20,33H,4,7-8,14H2,(H,30,34);10-16,19H,2-9H2,1H3,(H,30,33)/t18-,20+;18-,20-;15-,19-/m011/s1. The van der Waals surface area contributed by atoms with Crippen LogP contribution in [-0.4, -0.2) is 76.5 Å². The fourth-order valence-electron chi connectivity index (χ4n) is 14.6. The molecule has 6 atom stereocenters. The van der Waals surface area contributed by atoms with Crippen molar-refractivity contribution in [3.8, 4) is 48.8 Å². The lowest BCUT2D eigenvalue weighted by Gasteiger charge is -2.30. The highest BCUT2D eigenvalue weighted by Gasteiger charge is 2.39. The van der Waals surface area contributed by atoms with Gasteiger partial charge >= 0.3 is 0 Å². The summed E-state index contributed by atoms with van der Waals surface area (Å²) in [5, 5.41) is 47.5. The van der Waals surface area contributed by atoms with Crippen LogP contribution in [0, 0.1) is 5.92 Å². The molecule has 0 aliphatic heterocycles. The quantitative estimate of drug-likeness (QED) is 0.0597. The highest BCUT2D eigenvalue weighted by molar-refractivity contribution is 9.11. The fourth-order valence-corrected chi connectivity index (χ4v) is 20.4. The molecule has 6 aromatic heterocycles. The van der Waals surface area contributed by atoms with E-state index in [0.29, 0.717) is 60.3 Å². The molecule has 1 saturated carbocycles. The largest absolute Gasteiger partial charge is 0.394 e. The number of amides is 3. The molecule has 15 rings (SSSR count). The number of carbonyl (C=O) groups excluding carboxylic acids is 3. The minimum absolute atomic E-state index is 0.102. The summed E-state index contributed by atoms with van der Waals surface area (Å²) >= 11 is 53.9. The molecule has 4 aliphatic carbocycles. The van der Waals surface area contributed by atoms with Crippen molar-refractivity contribution in [3.05, 3.63) is 238 Å². The number of carbonyl (C=O) groups is 3. The third-order valence-corrected chi connectivity index (χ3v) is 26.2. The van der Waals surface area contributed by atoms with Crippen LogP contribution in [0.25, 0.3) is 48.8 Å². The number of halogens is 9. The van der Waals surface area contributed by atoms with Gasteiger partial charge in [0.15, 0.2) is 0 Å². The highest BCUT2D eigenvalue weighted by Crippen LogP contribution is 2.47. The van der Waals surface area contributed by atoms with Gasteiger partial charge in [0.1, 0.15) is 0 Å². The summed E-state index contributed by atoms with van der Waals surface area (Å²) in [6.45, 7) is 1.80. The molecule has 0 saturated heterocycles. The van der Waals surface area contributed by atoms with Crippen molar-refractivity contribution in [2.75, 3.05) is 13.2 Å². The zero-order valence-electron chi connectivity index (χ0n) is 56.2. The lowest BCUT2D eigenvalue weighted by atomic mass is 9.83. The first kappa shape index (κ1) is 76.5. The van der Waals surface area contributed by atoms with Crippen molar-refractivity contribution in [2.24, 2.45) is 5.92 Å². The predicted molar refractivity (Wildman–Crippen MR) is 434 cm³/mol. The van der Waals surface area contributed by atoms with E-state index in [9.17, 15) is 24.6 Å². The molecule has 5 N–H and O–H groups in total. The van der Waals surface area contributed by atoms with E-state index in [1.807, 2.05) is 129 Å². The summed E-state index contributed by atoms with van der Waals surface area (Å²) in [6, 6.07) is 46.6. The first-order valence-electron chi connectivity index (χ1n) is 34.6. The van der Waals surface area contributed by atoms with E-state index in [-0.39, 0.29) is 42.9 Å². The first-order valence-corrected chi connectivity index (χ1v) is 41.7. The Morgan fingerprint density at radius 2 is 0.769 bits per heavy atom. The van der Waals surface area contributed by atoms with Gasteiger partial charge in [0.25, 0.3) is 0 Å². The Morgan fingerprint density at radius 1 is 0.442 bits per heavy atom. The maximum Gasteiger partial charge on any atom is 0.229 e. The van der Waals surface area contributed by atoms with Crippen molar-refractivity contribution in [2.45, 2.75) is 133 Å². The molecule has 104 heavy (non-hydrogen) atoms. The van der Waals surface area contributed by atoms with E-state index >= 15 is 0 Å². The fraction of sp³-hybridized carbons (Fsp3) is 0.308. The summed E-state index contributed by atoms with van der Waals surface area (Å²) < 4.78 is 8.67. The first-order chi connectivity index (χ1) is 50.3. The van der Waals surface area contributed by atoms with Crippen LogP contribution in [0.5, 0.6) is 0 Å². The van der Waals surface area contributed by atoms with Gasteiger partial charge in [-0.15, -0.1) is 34.0 Å². The molecular weight excluding hydrogens is 1690 g/mol. The van der Waals surface area contributed by atoms with E-state index in [1.165, 1.54) is 32.1 Å². The van der Waals surface area contributed by atoms with Gasteiger partial charge in [0, 0.05) is 37.8 Å². The second kappa shape index (κ2) is 34.7. The molecule has 14 nitrogen and oxygen atoms in total. The monoisotopic (exact) mass is 1760 g/mol. The number of aliphatic hydroxyl groups is 2. The number of rotatable bonds is 17. The van der Waals surface area contributed by atoms with E-state index in [1.54, 1.807) is 64.3 Å². The molecule has 6 heterocycles. The zero-order chi connectivity index (χ0) is 72.9. The minimum atomic E-state index is -0.477. The van der Waals surface area contributed by atoms with Gasteiger partial charge in [-0.3, -0.25) is 14.4 Å². The number of aliphatic hydroxyl groups excluding tert-OH is 2. The number of nitrogens with one attached hydrogen (secondary N) is 3. The molecule has 5 aromatic carbocycles.